The van der Waals surface area contributed by atoms with Crippen molar-refractivity contribution in [3.8, 4) is 11.1 Å². The molecule has 1 aliphatic rings. The van der Waals surface area contributed by atoms with E-state index in [4.69, 9.17) is 4.74 Å². The second-order valence-electron chi connectivity index (χ2n) is 10.5. The van der Waals surface area contributed by atoms with E-state index >= 15 is 0 Å². The molecule has 0 bridgehead atoms. The quantitative estimate of drug-likeness (QED) is 0.360. The van der Waals surface area contributed by atoms with E-state index in [1.807, 2.05) is 74.0 Å². The number of aryl methyl sites for hydroxylation is 1. The van der Waals surface area contributed by atoms with Gasteiger partial charge in [-0.15, -0.1) is 11.3 Å². The first kappa shape index (κ1) is 28.5. The molecule has 3 atom stereocenters. The van der Waals surface area contributed by atoms with E-state index in [0.717, 1.165) is 27.6 Å². The first-order valence-electron chi connectivity index (χ1n) is 13.3. The van der Waals surface area contributed by atoms with Crippen LogP contribution in [-0.4, -0.2) is 72.1 Å². The summed E-state index contributed by atoms with van der Waals surface area (Å²) in [6.45, 7) is 4.25. The number of para-hydroxylation sites is 1. The zero-order valence-corrected chi connectivity index (χ0v) is 24.8. The average molecular weight is 582 g/mol. The van der Waals surface area contributed by atoms with E-state index in [0.29, 0.717) is 5.69 Å². The molecule has 212 valence electrons. The van der Waals surface area contributed by atoms with Gasteiger partial charge in [-0.1, -0.05) is 55.5 Å². The van der Waals surface area contributed by atoms with Crippen LogP contribution in [0.4, 0.5) is 0 Å². The number of hydrogen-bond acceptors (Lipinski definition) is 6. The van der Waals surface area contributed by atoms with Crippen molar-refractivity contribution in [2.24, 2.45) is 13.0 Å². The molecule has 1 aliphatic heterocycles. The fourth-order valence-electron chi connectivity index (χ4n) is 5.44. The lowest BCUT2D eigenvalue weighted by Gasteiger charge is -2.34. The zero-order valence-electron chi connectivity index (χ0n) is 23.1. The van der Waals surface area contributed by atoms with Crippen LogP contribution in [-0.2, 0) is 28.4 Å². The van der Waals surface area contributed by atoms with Crippen LogP contribution in [0.5, 0.6) is 0 Å². The number of nitrogens with zero attached hydrogens (tertiary/aromatic N) is 3. The Morgan fingerprint density at radius 1 is 1.12 bits per heavy atom. The predicted octanol–water partition coefficient (Wildman–Crippen LogP) is 4.59. The highest BCUT2D eigenvalue weighted by Gasteiger charge is 2.35. The summed E-state index contributed by atoms with van der Waals surface area (Å²) in [7, 11) is -0.226. The number of rotatable bonds is 6. The number of thiophene rings is 1. The summed E-state index contributed by atoms with van der Waals surface area (Å²) >= 11 is 1.18. The summed E-state index contributed by atoms with van der Waals surface area (Å²) in [6.07, 6.45) is -0.507. The normalized spacial score (nSPS) is 19.4. The van der Waals surface area contributed by atoms with Crippen LogP contribution in [0, 0.1) is 5.92 Å². The van der Waals surface area contributed by atoms with Gasteiger partial charge in [0.05, 0.1) is 25.4 Å². The molecule has 40 heavy (non-hydrogen) atoms. The third kappa shape index (κ3) is 5.10. The van der Waals surface area contributed by atoms with Crippen LogP contribution < -0.4 is 0 Å². The van der Waals surface area contributed by atoms with Crippen LogP contribution in [0.2, 0.25) is 0 Å². The number of likely N-dealkylation sites (N-methyl/N-ethyl adjacent to an activating group) is 1. The second-order valence-corrected chi connectivity index (χ2v) is 13.7. The van der Waals surface area contributed by atoms with Crippen LogP contribution in [0.15, 0.2) is 70.3 Å². The van der Waals surface area contributed by atoms with Gasteiger partial charge in [-0.3, -0.25) is 4.79 Å². The molecule has 2 aromatic carbocycles. The minimum absolute atomic E-state index is 0.120. The molecule has 0 unspecified atom stereocenters. The molecule has 0 spiro atoms. The lowest BCUT2D eigenvalue weighted by atomic mass is 9.96. The number of hydrogen-bond donors (Lipinski definition) is 1. The van der Waals surface area contributed by atoms with Crippen molar-refractivity contribution in [1.29, 1.82) is 0 Å². The Morgan fingerprint density at radius 2 is 1.85 bits per heavy atom. The van der Waals surface area contributed by atoms with E-state index in [2.05, 4.69) is 0 Å². The van der Waals surface area contributed by atoms with Gasteiger partial charge >= 0.3 is 0 Å². The molecule has 2 aromatic heterocycles. The Hall–Kier alpha value is -3.02. The maximum atomic E-state index is 14.4. The van der Waals surface area contributed by atoms with Gasteiger partial charge in [-0.25, -0.2) is 8.42 Å². The molecule has 1 N–H and O–H groups in total. The van der Waals surface area contributed by atoms with Crippen molar-refractivity contribution in [2.75, 3.05) is 26.7 Å². The first-order valence-corrected chi connectivity index (χ1v) is 15.7. The molecule has 0 radical (unpaired) electrons. The highest BCUT2D eigenvalue weighted by atomic mass is 32.2. The number of aliphatic hydroxyl groups excluding tert-OH is 1. The summed E-state index contributed by atoms with van der Waals surface area (Å²) in [5.74, 6) is -0.417. The van der Waals surface area contributed by atoms with Crippen molar-refractivity contribution in [3.63, 3.8) is 0 Å². The Bertz CT molecular complexity index is 1610. The number of aliphatic hydroxyl groups is 1. The van der Waals surface area contributed by atoms with E-state index in [9.17, 15) is 18.3 Å². The van der Waals surface area contributed by atoms with Crippen molar-refractivity contribution < 1.29 is 23.1 Å². The number of ether oxygens (including phenoxy) is 1. The number of amides is 1. The summed E-state index contributed by atoms with van der Waals surface area (Å²) in [6, 6.07) is 18.7. The van der Waals surface area contributed by atoms with E-state index in [1.165, 1.54) is 15.6 Å². The molecule has 3 heterocycles. The highest BCUT2D eigenvalue weighted by molar-refractivity contribution is 7.91. The summed E-state index contributed by atoms with van der Waals surface area (Å²) in [4.78, 5) is 16.1. The van der Waals surface area contributed by atoms with Gasteiger partial charge in [0.15, 0.2) is 0 Å². The third-order valence-electron chi connectivity index (χ3n) is 7.82. The molecule has 8 nitrogen and oxygen atoms in total. The maximum Gasteiger partial charge on any atom is 0.271 e. The third-order valence-corrected chi connectivity index (χ3v) is 11.0. The van der Waals surface area contributed by atoms with Crippen LogP contribution in [0.3, 0.4) is 0 Å². The smallest absolute Gasteiger partial charge is 0.271 e. The van der Waals surface area contributed by atoms with Gasteiger partial charge in [0.25, 0.3) is 15.9 Å². The molecule has 10 heteroatoms. The van der Waals surface area contributed by atoms with Gasteiger partial charge in [-0.2, -0.15) is 4.31 Å². The number of carbonyl (C=O) groups excluding carboxylic acids is 1. The van der Waals surface area contributed by atoms with Gasteiger partial charge in [0.2, 0.25) is 0 Å². The van der Waals surface area contributed by atoms with Crippen molar-refractivity contribution >= 4 is 38.2 Å². The number of carbonyl (C=O) groups is 1. The van der Waals surface area contributed by atoms with Gasteiger partial charge in [0, 0.05) is 49.6 Å². The highest BCUT2D eigenvalue weighted by Crippen LogP contribution is 2.38. The van der Waals surface area contributed by atoms with Crippen molar-refractivity contribution in [3.05, 3.63) is 77.3 Å². The molecular formula is C30H35N3O5S2. The summed E-state index contributed by atoms with van der Waals surface area (Å²) in [5, 5.41) is 12.9. The standard InChI is InChI=1S/C30H35N3O5S2/c1-20-16-33(21(2)18-34)30(35)29-28(24-12-7-8-13-25(24)32(29)4)23-11-6-5-10-22(23)19-38-26(20)17-31(3)40(36,37)27-14-9-15-39-27/h5-15,20-21,26,34H,16-19H2,1-4H3/t20-,21-,26-/m0/s1. The topological polar surface area (TPSA) is 92.1 Å². The molecule has 0 saturated heterocycles. The first-order chi connectivity index (χ1) is 19.1. The minimum atomic E-state index is -3.69. The van der Waals surface area contributed by atoms with Crippen molar-refractivity contribution in [1.82, 2.24) is 13.8 Å². The Balaban J connectivity index is 1.63. The summed E-state index contributed by atoms with van der Waals surface area (Å²) in [5.41, 5.74) is 4.14. The van der Waals surface area contributed by atoms with E-state index in [1.54, 1.807) is 29.5 Å². The fourth-order valence-corrected chi connectivity index (χ4v) is 7.82. The van der Waals surface area contributed by atoms with Crippen molar-refractivity contribution in [2.45, 2.75) is 36.8 Å². The van der Waals surface area contributed by atoms with Crippen LogP contribution in [0.25, 0.3) is 22.0 Å². The largest absolute Gasteiger partial charge is 0.394 e. The van der Waals surface area contributed by atoms with Crippen LogP contribution >= 0.6 is 11.3 Å². The molecular weight excluding hydrogens is 546 g/mol. The lowest BCUT2D eigenvalue weighted by Crippen LogP contribution is -2.48. The molecule has 0 aliphatic carbocycles. The van der Waals surface area contributed by atoms with Gasteiger partial charge in [0.1, 0.15) is 9.90 Å². The van der Waals surface area contributed by atoms with Gasteiger partial charge < -0.3 is 19.3 Å². The fraction of sp³-hybridized carbons (Fsp3) is 0.367. The molecule has 0 fully saturated rings. The van der Waals surface area contributed by atoms with E-state index in [-0.39, 0.29) is 42.3 Å². The Kier molecular flexibility index (Phi) is 8.17. The van der Waals surface area contributed by atoms with Crippen LogP contribution in [0.1, 0.15) is 29.9 Å². The number of benzene rings is 2. The predicted molar refractivity (Wildman–Crippen MR) is 158 cm³/mol. The molecule has 5 rings (SSSR count). The summed E-state index contributed by atoms with van der Waals surface area (Å²) < 4.78 is 36.5. The number of fused-ring (bicyclic) bond motifs is 5. The second kappa shape index (κ2) is 11.5. The average Bonchev–Trinajstić information content (AvgIpc) is 3.60. The number of aromatic nitrogens is 1. The maximum absolute atomic E-state index is 14.4. The lowest BCUT2D eigenvalue weighted by molar-refractivity contribution is -0.0147. The Morgan fingerprint density at radius 3 is 2.58 bits per heavy atom. The molecule has 0 saturated carbocycles. The minimum Gasteiger partial charge on any atom is -0.394 e. The molecule has 1 amide bonds. The monoisotopic (exact) mass is 581 g/mol. The Labute approximate surface area is 239 Å². The number of sulfonamides is 1. The SMILES string of the molecule is C[C@H]1CN([C@@H](C)CO)C(=O)c2c(c3ccccc3n2C)-c2ccccc2CO[C@H]1CN(C)S(=O)(=O)c1cccs1. The van der Waals surface area contributed by atoms with E-state index < -0.39 is 22.2 Å². The zero-order chi connectivity index (χ0) is 28.6. The molecule has 4 aromatic rings. The van der Waals surface area contributed by atoms with Gasteiger partial charge in [-0.05, 0) is 35.6 Å².